The molecule has 1 N–H and O–H groups in total. The summed E-state index contributed by atoms with van der Waals surface area (Å²) in [7, 11) is 1.95. The predicted octanol–water partition coefficient (Wildman–Crippen LogP) is 1.71. The minimum Gasteiger partial charge on any atom is -0.372 e. The minimum absolute atomic E-state index is 0.109. The molecule has 0 unspecified atom stereocenters. The molecule has 1 fully saturated rings. The zero-order valence-electron chi connectivity index (χ0n) is 11.8. The van der Waals surface area contributed by atoms with Gasteiger partial charge in [0.15, 0.2) is 0 Å². The van der Waals surface area contributed by atoms with Gasteiger partial charge >= 0.3 is 0 Å². The number of nitrogens with zero attached hydrogens (tertiary/aromatic N) is 4. The van der Waals surface area contributed by atoms with Crippen LogP contribution in [0, 0.1) is 12.8 Å². The Balaban J connectivity index is 1.66. The number of aromatic nitrogens is 4. The molecule has 20 heavy (non-hydrogen) atoms. The van der Waals surface area contributed by atoms with Crippen molar-refractivity contribution in [3.05, 3.63) is 36.0 Å². The van der Waals surface area contributed by atoms with Crippen LogP contribution < -0.4 is 5.32 Å². The third kappa shape index (κ3) is 2.65. The third-order valence-corrected chi connectivity index (χ3v) is 3.71. The lowest BCUT2D eigenvalue weighted by Gasteiger charge is -2.19. The largest absolute Gasteiger partial charge is 0.372 e. The van der Waals surface area contributed by atoms with Gasteiger partial charge < -0.3 is 10.1 Å². The Hall–Kier alpha value is -1.95. The standard InChI is InChI=1S/C14H19N5O/c1-10-7-13(17-9-16-10)15-8-11-4-6-20-14(11)12-3-5-18-19(12)2/h3,5,7,9,11,14H,4,6,8H2,1-2H3,(H,15,16,17)/t11-,14+/m0/s1. The number of ether oxygens (including phenoxy) is 1. The molecule has 6 nitrogen and oxygen atoms in total. The quantitative estimate of drug-likeness (QED) is 0.918. The maximum atomic E-state index is 5.87. The van der Waals surface area contributed by atoms with Crippen molar-refractivity contribution < 1.29 is 4.74 Å². The second-order valence-corrected chi connectivity index (χ2v) is 5.15. The van der Waals surface area contributed by atoms with E-state index in [1.54, 1.807) is 6.33 Å². The summed E-state index contributed by atoms with van der Waals surface area (Å²) in [6, 6.07) is 3.98. The molecule has 0 bridgehead atoms. The van der Waals surface area contributed by atoms with Crippen LogP contribution in [0.5, 0.6) is 0 Å². The molecule has 2 aromatic heterocycles. The smallest absolute Gasteiger partial charge is 0.129 e. The van der Waals surface area contributed by atoms with E-state index in [-0.39, 0.29) is 6.10 Å². The Bertz CT molecular complexity index is 582. The highest BCUT2D eigenvalue weighted by Crippen LogP contribution is 2.34. The lowest BCUT2D eigenvalue weighted by atomic mass is 9.99. The molecule has 0 amide bonds. The van der Waals surface area contributed by atoms with E-state index in [1.807, 2.05) is 37.0 Å². The van der Waals surface area contributed by atoms with Gasteiger partial charge in [-0.3, -0.25) is 4.68 Å². The molecule has 1 aliphatic heterocycles. The van der Waals surface area contributed by atoms with E-state index in [1.165, 1.54) is 0 Å². The number of rotatable bonds is 4. The molecule has 1 aliphatic rings. The van der Waals surface area contributed by atoms with Gasteiger partial charge in [-0.25, -0.2) is 9.97 Å². The summed E-state index contributed by atoms with van der Waals surface area (Å²) in [5, 5.41) is 7.60. The van der Waals surface area contributed by atoms with Crippen LogP contribution in [0.2, 0.25) is 0 Å². The highest BCUT2D eigenvalue weighted by Gasteiger charge is 2.31. The Morgan fingerprint density at radius 2 is 2.35 bits per heavy atom. The van der Waals surface area contributed by atoms with Gasteiger partial charge in [0.1, 0.15) is 18.2 Å². The molecule has 2 atom stereocenters. The number of aryl methyl sites for hydroxylation is 2. The van der Waals surface area contributed by atoms with Crippen LogP contribution in [0.4, 0.5) is 5.82 Å². The second kappa shape index (κ2) is 5.58. The Morgan fingerprint density at radius 1 is 1.45 bits per heavy atom. The lowest BCUT2D eigenvalue weighted by Crippen LogP contribution is -2.20. The summed E-state index contributed by atoms with van der Waals surface area (Å²) < 4.78 is 7.76. The normalized spacial score (nSPS) is 22.1. The van der Waals surface area contributed by atoms with Crippen molar-refractivity contribution in [3.8, 4) is 0 Å². The van der Waals surface area contributed by atoms with Crippen molar-refractivity contribution in [2.45, 2.75) is 19.4 Å². The fraction of sp³-hybridized carbons (Fsp3) is 0.500. The Labute approximate surface area is 118 Å². The average Bonchev–Trinajstić information content (AvgIpc) is 3.04. The van der Waals surface area contributed by atoms with E-state index in [0.29, 0.717) is 5.92 Å². The van der Waals surface area contributed by atoms with Gasteiger partial charge in [-0.1, -0.05) is 0 Å². The molecule has 106 valence electrons. The number of hydrogen-bond acceptors (Lipinski definition) is 5. The van der Waals surface area contributed by atoms with Crippen LogP contribution in [0.15, 0.2) is 24.7 Å². The van der Waals surface area contributed by atoms with Gasteiger partial charge in [-0.2, -0.15) is 5.10 Å². The van der Waals surface area contributed by atoms with Crippen molar-refractivity contribution in [3.63, 3.8) is 0 Å². The molecule has 6 heteroatoms. The number of hydrogen-bond donors (Lipinski definition) is 1. The van der Waals surface area contributed by atoms with Gasteiger partial charge in [-0.05, 0) is 19.4 Å². The molecule has 0 spiro atoms. The summed E-state index contributed by atoms with van der Waals surface area (Å²) in [5.74, 6) is 1.30. The van der Waals surface area contributed by atoms with Crippen molar-refractivity contribution in [1.29, 1.82) is 0 Å². The minimum atomic E-state index is 0.109. The molecule has 0 saturated carbocycles. The first-order valence-corrected chi connectivity index (χ1v) is 6.86. The summed E-state index contributed by atoms with van der Waals surface area (Å²) in [6.45, 7) is 3.60. The third-order valence-electron chi connectivity index (χ3n) is 3.71. The highest BCUT2D eigenvalue weighted by atomic mass is 16.5. The van der Waals surface area contributed by atoms with Crippen molar-refractivity contribution >= 4 is 5.82 Å². The van der Waals surface area contributed by atoms with Crippen molar-refractivity contribution in [1.82, 2.24) is 19.7 Å². The first kappa shape index (κ1) is 13.1. The first-order valence-electron chi connectivity index (χ1n) is 6.86. The zero-order valence-corrected chi connectivity index (χ0v) is 11.8. The van der Waals surface area contributed by atoms with Gasteiger partial charge in [0.2, 0.25) is 0 Å². The fourth-order valence-electron chi connectivity index (χ4n) is 2.62. The molecule has 1 saturated heterocycles. The molecule has 3 rings (SSSR count). The maximum absolute atomic E-state index is 5.87. The number of nitrogens with one attached hydrogen (secondary N) is 1. The monoisotopic (exact) mass is 273 g/mol. The predicted molar refractivity (Wildman–Crippen MR) is 75.3 cm³/mol. The van der Waals surface area contributed by atoms with Crippen LogP contribution in [0.1, 0.15) is 23.9 Å². The van der Waals surface area contributed by atoms with Gasteiger partial charge in [0, 0.05) is 44.1 Å². The Morgan fingerprint density at radius 3 is 3.10 bits per heavy atom. The topological polar surface area (TPSA) is 64.9 Å². The molecular formula is C14H19N5O. The van der Waals surface area contributed by atoms with E-state index < -0.39 is 0 Å². The summed E-state index contributed by atoms with van der Waals surface area (Å²) in [6.07, 6.45) is 4.56. The zero-order chi connectivity index (χ0) is 13.9. The van der Waals surface area contributed by atoms with Crippen LogP contribution in [0.25, 0.3) is 0 Å². The molecule has 0 aromatic carbocycles. The SMILES string of the molecule is Cc1cc(NC[C@@H]2CCO[C@H]2c2ccnn2C)ncn1. The number of anilines is 1. The van der Waals surface area contributed by atoms with Crippen LogP contribution in [-0.2, 0) is 11.8 Å². The van der Waals surface area contributed by atoms with Gasteiger partial charge in [0.05, 0.1) is 5.69 Å². The van der Waals surface area contributed by atoms with Gasteiger partial charge in [0.25, 0.3) is 0 Å². The molecule has 3 heterocycles. The van der Waals surface area contributed by atoms with Gasteiger partial charge in [-0.15, -0.1) is 0 Å². The summed E-state index contributed by atoms with van der Waals surface area (Å²) in [4.78, 5) is 8.32. The van der Waals surface area contributed by atoms with E-state index in [0.717, 1.165) is 36.8 Å². The van der Waals surface area contributed by atoms with Crippen molar-refractivity contribution in [2.24, 2.45) is 13.0 Å². The summed E-state index contributed by atoms with van der Waals surface area (Å²) in [5.41, 5.74) is 2.10. The molecular weight excluding hydrogens is 254 g/mol. The molecule has 0 radical (unpaired) electrons. The van der Waals surface area contributed by atoms with E-state index >= 15 is 0 Å². The second-order valence-electron chi connectivity index (χ2n) is 5.15. The van der Waals surface area contributed by atoms with Crippen LogP contribution in [-0.4, -0.2) is 32.9 Å². The maximum Gasteiger partial charge on any atom is 0.129 e. The van der Waals surface area contributed by atoms with Crippen LogP contribution in [0.3, 0.4) is 0 Å². The van der Waals surface area contributed by atoms with E-state index in [2.05, 4.69) is 20.4 Å². The lowest BCUT2D eigenvalue weighted by molar-refractivity contribution is 0.0866. The fourth-order valence-corrected chi connectivity index (χ4v) is 2.62. The molecule has 2 aromatic rings. The average molecular weight is 273 g/mol. The Kier molecular flexibility index (Phi) is 3.64. The van der Waals surface area contributed by atoms with E-state index in [4.69, 9.17) is 4.74 Å². The van der Waals surface area contributed by atoms with E-state index in [9.17, 15) is 0 Å². The summed E-state index contributed by atoms with van der Waals surface area (Å²) >= 11 is 0. The molecule has 0 aliphatic carbocycles. The highest BCUT2D eigenvalue weighted by molar-refractivity contribution is 5.34. The van der Waals surface area contributed by atoms with Crippen LogP contribution >= 0.6 is 0 Å². The van der Waals surface area contributed by atoms with Crippen molar-refractivity contribution in [2.75, 3.05) is 18.5 Å². The first-order chi connectivity index (χ1) is 9.74.